The van der Waals surface area contributed by atoms with E-state index in [0.29, 0.717) is 11.2 Å². The Bertz CT molecular complexity index is 551. The zero-order chi connectivity index (χ0) is 16.8. The number of ether oxygens (including phenoxy) is 1. The number of nitrogens with zero attached hydrogens (tertiary/aromatic N) is 2. The summed E-state index contributed by atoms with van der Waals surface area (Å²) in [5.41, 5.74) is 0.720. The summed E-state index contributed by atoms with van der Waals surface area (Å²) < 4.78 is 18.8. The number of benzene rings is 1. The van der Waals surface area contributed by atoms with Gasteiger partial charge in [-0.25, -0.2) is 4.39 Å². The molecule has 0 amide bonds. The molecule has 0 saturated carbocycles. The molecular formula is C18H26FN3OS. The molecule has 1 aromatic carbocycles. The molecule has 2 aliphatic heterocycles. The summed E-state index contributed by atoms with van der Waals surface area (Å²) >= 11 is 5.61. The summed E-state index contributed by atoms with van der Waals surface area (Å²) in [6, 6.07) is 6.95. The number of anilines is 1. The van der Waals surface area contributed by atoms with Gasteiger partial charge in [-0.05, 0) is 56.1 Å². The van der Waals surface area contributed by atoms with Gasteiger partial charge in [0.15, 0.2) is 5.11 Å². The Morgan fingerprint density at radius 3 is 2.88 bits per heavy atom. The van der Waals surface area contributed by atoms with E-state index in [1.165, 1.54) is 31.4 Å². The van der Waals surface area contributed by atoms with Gasteiger partial charge >= 0.3 is 0 Å². The van der Waals surface area contributed by atoms with Crippen LogP contribution in [0.2, 0.25) is 0 Å². The SMILES string of the molecule is Fc1cccc(NC(=S)N2CCCC[C@H]2CCN2CCOCC2)c1. The topological polar surface area (TPSA) is 27.7 Å². The van der Waals surface area contributed by atoms with Crippen LogP contribution in [0.5, 0.6) is 0 Å². The third-order valence-electron chi connectivity index (χ3n) is 4.85. The van der Waals surface area contributed by atoms with Crippen molar-refractivity contribution < 1.29 is 9.13 Å². The van der Waals surface area contributed by atoms with E-state index in [4.69, 9.17) is 17.0 Å². The number of hydrogen-bond donors (Lipinski definition) is 1. The Kier molecular flexibility index (Phi) is 6.40. The summed E-state index contributed by atoms with van der Waals surface area (Å²) in [5.74, 6) is -0.245. The molecule has 0 aromatic heterocycles. The average Bonchev–Trinajstić information content (AvgIpc) is 2.61. The molecule has 24 heavy (non-hydrogen) atoms. The van der Waals surface area contributed by atoms with Crippen LogP contribution in [-0.4, -0.2) is 60.3 Å². The number of rotatable bonds is 4. The number of likely N-dealkylation sites (tertiary alicyclic amines) is 1. The second kappa shape index (κ2) is 8.74. The number of hydrogen-bond acceptors (Lipinski definition) is 3. The van der Waals surface area contributed by atoms with Crippen LogP contribution in [0.3, 0.4) is 0 Å². The standard InChI is InChI=1S/C18H26FN3OS/c19-15-4-3-5-16(14-15)20-18(24)22-8-2-1-6-17(22)7-9-21-10-12-23-13-11-21/h3-5,14,17H,1-2,6-13H2,(H,20,24)/t17-/m0/s1. The Balaban J connectivity index is 1.55. The normalized spacial score (nSPS) is 22.4. The minimum atomic E-state index is -0.245. The predicted octanol–water partition coefficient (Wildman–Crippen LogP) is 3.10. The highest BCUT2D eigenvalue weighted by Gasteiger charge is 2.25. The average molecular weight is 351 g/mol. The van der Waals surface area contributed by atoms with E-state index in [1.807, 2.05) is 6.07 Å². The molecular weight excluding hydrogens is 325 g/mol. The van der Waals surface area contributed by atoms with Crippen LogP contribution >= 0.6 is 12.2 Å². The number of nitrogens with one attached hydrogen (secondary N) is 1. The van der Waals surface area contributed by atoms with Crippen molar-refractivity contribution in [2.24, 2.45) is 0 Å². The molecule has 132 valence electrons. The maximum Gasteiger partial charge on any atom is 0.173 e. The van der Waals surface area contributed by atoms with Crippen molar-refractivity contribution in [3.8, 4) is 0 Å². The van der Waals surface area contributed by atoms with Crippen LogP contribution in [-0.2, 0) is 4.74 Å². The smallest absolute Gasteiger partial charge is 0.173 e. The number of halogens is 1. The van der Waals surface area contributed by atoms with Gasteiger partial charge in [0, 0.05) is 37.9 Å². The molecule has 1 aromatic rings. The highest BCUT2D eigenvalue weighted by molar-refractivity contribution is 7.80. The summed E-state index contributed by atoms with van der Waals surface area (Å²) in [6.45, 7) is 5.81. The van der Waals surface area contributed by atoms with Crippen molar-refractivity contribution in [1.29, 1.82) is 0 Å². The highest BCUT2D eigenvalue weighted by Crippen LogP contribution is 2.22. The highest BCUT2D eigenvalue weighted by atomic mass is 32.1. The van der Waals surface area contributed by atoms with Crippen LogP contribution in [0.4, 0.5) is 10.1 Å². The first-order chi connectivity index (χ1) is 11.7. The molecule has 1 N–H and O–H groups in total. The Morgan fingerprint density at radius 1 is 1.25 bits per heavy atom. The number of morpholine rings is 1. The lowest BCUT2D eigenvalue weighted by molar-refractivity contribution is 0.0338. The molecule has 2 aliphatic rings. The van der Waals surface area contributed by atoms with E-state index in [0.717, 1.165) is 51.5 Å². The summed E-state index contributed by atoms with van der Waals surface area (Å²) in [7, 11) is 0. The van der Waals surface area contributed by atoms with Crippen molar-refractivity contribution in [1.82, 2.24) is 9.80 Å². The van der Waals surface area contributed by atoms with Crippen LogP contribution in [0.15, 0.2) is 24.3 Å². The fourth-order valence-corrected chi connectivity index (χ4v) is 3.84. The third kappa shape index (κ3) is 4.88. The zero-order valence-electron chi connectivity index (χ0n) is 14.0. The maximum atomic E-state index is 13.4. The van der Waals surface area contributed by atoms with Gasteiger partial charge in [0.05, 0.1) is 13.2 Å². The number of thiocarbonyl (C=S) groups is 1. The second-order valence-corrected chi connectivity index (χ2v) is 6.91. The van der Waals surface area contributed by atoms with Gasteiger partial charge in [-0.2, -0.15) is 0 Å². The molecule has 0 spiro atoms. The third-order valence-corrected chi connectivity index (χ3v) is 5.18. The lowest BCUT2D eigenvalue weighted by Crippen LogP contribution is -2.47. The van der Waals surface area contributed by atoms with Crippen LogP contribution in [0.1, 0.15) is 25.7 Å². The fraction of sp³-hybridized carbons (Fsp3) is 0.611. The van der Waals surface area contributed by atoms with Gasteiger partial charge in [-0.1, -0.05) is 6.07 Å². The van der Waals surface area contributed by atoms with E-state index in [9.17, 15) is 4.39 Å². The lowest BCUT2D eigenvalue weighted by atomic mass is 9.99. The summed E-state index contributed by atoms with van der Waals surface area (Å²) in [6.07, 6.45) is 4.71. The Morgan fingerprint density at radius 2 is 2.08 bits per heavy atom. The van der Waals surface area contributed by atoms with E-state index in [-0.39, 0.29) is 5.82 Å². The predicted molar refractivity (Wildman–Crippen MR) is 98.8 cm³/mol. The maximum absolute atomic E-state index is 13.4. The molecule has 4 nitrogen and oxygen atoms in total. The van der Waals surface area contributed by atoms with Gasteiger partial charge in [-0.3, -0.25) is 4.90 Å². The van der Waals surface area contributed by atoms with Gasteiger partial charge in [-0.15, -0.1) is 0 Å². The molecule has 1 atom stereocenters. The first-order valence-corrected chi connectivity index (χ1v) is 9.26. The van der Waals surface area contributed by atoms with Crippen molar-refractivity contribution in [3.63, 3.8) is 0 Å². The molecule has 0 radical (unpaired) electrons. The van der Waals surface area contributed by atoms with E-state index >= 15 is 0 Å². The van der Waals surface area contributed by atoms with Crippen molar-refractivity contribution in [2.45, 2.75) is 31.7 Å². The molecule has 6 heteroatoms. The number of piperidine rings is 1. The van der Waals surface area contributed by atoms with E-state index in [2.05, 4.69) is 15.1 Å². The van der Waals surface area contributed by atoms with Crippen LogP contribution in [0, 0.1) is 5.82 Å². The largest absolute Gasteiger partial charge is 0.379 e. The van der Waals surface area contributed by atoms with Crippen LogP contribution < -0.4 is 5.32 Å². The van der Waals surface area contributed by atoms with Crippen molar-refractivity contribution in [2.75, 3.05) is 44.7 Å². The quantitative estimate of drug-likeness (QED) is 0.842. The molecule has 0 aliphatic carbocycles. The summed E-state index contributed by atoms with van der Waals surface area (Å²) in [4.78, 5) is 4.77. The first-order valence-electron chi connectivity index (χ1n) is 8.86. The van der Waals surface area contributed by atoms with Gasteiger partial charge in [0.1, 0.15) is 5.82 Å². The van der Waals surface area contributed by atoms with E-state index < -0.39 is 0 Å². The van der Waals surface area contributed by atoms with Crippen LogP contribution in [0.25, 0.3) is 0 Å². The van der Waals surface area contributed by atoms with Crippen molar-refractivity contribution in [3.05, 3.63) is 30.1 Å². The Labute approximate surface area is 149 Å². The molecule has 0 unspecified atom stereocenters. The minimum Gasteiger partial charge on any atom is -0.379 e. The second-order valence-electron chi connectivity index (χ2n) is 6.53. The van der Waals surface area contributed by atoms with Gasteiger partial charge in [0.2, 0.25) is 0 Å². The monoisotopic (exact) mass is 351 g/mol. The molecule has 2 fully saturated rings. The molecule has 2 saturated heterocycles. The molecule has 0 bridgehead atoms. The molecule has 2 heterocycles. The zero-order valence-corrected chi connectivity index (χ0v) is 14.9. The van der Waals surface area contributed by atoms with E-state index in [1.54, 1.807) is 6.07 Å². The first kappa shape index (κ1) is 17.6. The summed E-state index contributed by atoms with van der Waals surface area (Å²) in [5, 5.41) is 3.92. The molecule has 3 rings (SSSR count). The van der Waals surface area contributed by atoms with Gasteiger partial charge < -0.3 is 15.0 Å². The minimum absolute atomic E-state index is 0.245. The van der Waals surface area contributed by atoms with Gasteiger partial charge in [0.25, 0.3) is 0 Å². The van der Waals surface area contributed by atoms with Crippen molar-refractivity contribution >= 4 is 23.0 Å². The lowest BCUT2D eigenvalue weighted by Gasteiger charge is -2.39. The fourth-order valence-electron chi connectivity index (χ4n) is 3.49. The Hall–Kier alpha value is -1.24.